The SMILES string of the molecule is Cc1cnc2c(c1)CN(Cc1ccc(C(=O)NCCNC(=O)OCc3ccc(NC(=O)C(CCCNC(N)=O)NC(=O)C(NC(=O)CCCCCN4C(=O)C=CC4=O)C(C)C)cc3)cc1)CC2. The average Bonchev–Trinajstić information content (AvgIpc) is 3.62. The number of rotatable bonds is 24. The second-order valence-corrected chi connectivity index (χ2v) is 17.0. The highest BCUT2D eigenvalue weighted by Crippen LogP contribution is 2.20. The van der Waals surface area contributed by atoms with Gasteiger partial charge in [0.05, 0.1) is 0 Å². The van der Waals surface area contributed by atoms with Gasteiger partial charge in [-0.2, -0.15) is 0 Å². The number of imide groups is 1. The number of carbonyl (C=O) groups is 8. The second-order valence-electron chi connectivity index (χ2n) is 17.0. The van der Waals surface area contributed by atoms with Crippen molar-refractivity contribution in [3.63, 3.8) is 0 Å². The van der Waals surface area contributed by atoms with Crippen LogP contribution in [0.3, 0.4) is 0 Å². The van der Waals surface area contributed by atoms with Gasteiger partial charge in [-0.3, -0.25) is 43.6 Å². The van der Waals surface area contributed by atoms with E-state index >= 15 is 0 Å². The lowest BCUT2D eigenvalue weighted by Crippen LogP contribution is -2.54. The number of aromatic nitrogens is 1. The number of nitrogens with zero attached hydrogens (tertiary/aromatic N) is 3. The van der Waals surface area contributed by atoms with Gasteiger partial charge in [0.2, 0.25) is 17.7 Å². The normalized spacial score (nSPS) is 14.2. The van der Waals surface area contributed by atoms with E-state index in [1.54, 1.807) is 50.2 Å². The van der Waals surface area contributed by atoms with Crippen LogP contribution in [0.15, 0.2) is 72.9 Å². The summed E-state index contributed by atoms with van der Waals surface area (Å²) >= 11 is 0. The number of pyridine rings is 1. The quantitative estimate of drug-likeness (QED) is 0.0507. The highest BCUT2D eigenvalue weighted by atomic mass is 16.5. The van der Waals surface area contributed by atoms with Gasteiger partial charge < -0.3 is 42.4 Å². The lowest BCUT2D eigenvalue weighted by Gasteiger charge is -2.28. The van der Waals surface area contributed by atoms with Crippen molar-refractivity contribution >= 4 is 53.3 Å². The number of fused-ring (bicyclic) bond motifs is 1. The van der Waals surface area contributed by atoms with E-state index < -0.39 is 36.0 Å². The number of carbonyl (C=O) groups excluding carboxylic acids is 8. The molecule has 3 heterocycles. The molecule has 2 aliphatic rings. The number of hydrogen-bond acceptors (Lipinski definition) is 11. The Bertz CT molecular complexity index is 2250. The van der Waals surface area contributed by atoms with E-state index in [1.807, 2.05) is 25.3 Å². The van der Waals surface area contributed by atoms with Crippen molar-refractivity contribution in [3.05, 3.63) is 106 Å². The van der Waals surface area contributed by atoms with E-state index in [9.17, 15) is 38.4 Å². The Morgan fingerprint density at radius 2 is 1.51 bits per heavy atom. The van der Waals surface area contributed by atoms with Crippen molar-refractivity contribution in [2.45, 2.75) is 97.5 Å². The summed E-state index contributed by atoms with van der Waals surface area (Å²) in [6.07, 6.45) is 6.75. The van der Waals surface area contributed by atoms with Gasteiger partial charge in [0.1, 0.15) is 18.7 Å². The molecule has 0 fully saturated rings. The molecule has 0 bridgehead atoms. The van der Waals surface area contributed by atoms with E-state index in [1.165, 1.54) is 17.7 Å². The van der Waals surface area contributed by atoms with Crippen LogP contribution in [0.5, 0.6) is 0 Å². The molecular formula is C48H62N10O9. The van der Waals surface area contributed by atoms with Crippen molar-refractivity contribution < 1.29 is 43.1 Å². The molecule has 8 N–H and O–H groups in total. The Morgan fingerprint density at radius 1 is 0.806 bits per heavy atom. The number of ether oxygens (including phenoxy) is 1. The van der Waals surface area contributed by atoms with E-state index in [0.717, 1.165) is 47.8 Å². The summed E-state index contributed by atoms with van der Waals surface area (Å²) in [4.78, 5) is 108. The highest BCUT2D eigenvalue weighted by Gasteiger charge is 2.29. The minimum Gasteiger partial charge on any atom is -0.445 e. The molecular weight excluding hydrogens is 861 g/mol. The zero-order valence-corrected chi connectivity index (χ0v) is 38.4. The summed E-state index contributed by atoms with van der Waals surface area (Å²) in [6.45, 7) is 8.80. The van der Waals surface area contributed by atoms with Crippen LogP contribution in [-0.2, 0) is 54.8 Å². The molecule has 358 valence electrons. The first kappa shape index (κ1) is 50.8. The van der Waals surface area contributed by atoms with Gasteiger partial charge in [0.15, 0.2) is 0 Å². The Balaban J connectivity index is 1.01. The molecule has 0 aliphatic carbocycles. The molecule has 5 rings (SSSR count). The first-order valence-electron chi connectivity index (χ1n) is 22.7. The van der Waals surface area contributed by atoms with Crippen LogP contribution in [0.1, 0.15) is 90.7 Å². The lowest BCUT2D eigenvalue weighted by molar-refractivity contribution is -0.137. The van der Waals surface area contributed by atoms with E-state index in [4.69, 9.17) is 10.5 Å². The Labute approximate surface area is 390 Å². The van der Waals surface area contributed by atoms with Crippen LogP contribution in [0.25, 0.3) is 0 Å². The summed E-state index contributed by atoms with van der Waals surface area (Å²) in [5, 5.41) is 16.2. The number of hydrogen-bond donors (Lipinski definition) is 7. The molecule has 2 aromatic carbocycles. The monoisotopic (exact) mass is 922 g/mol. The summed E-state index contributed by atoms with van der Waals surface area (Å²) in [6, 6.07) is 13.5. The second kappa shape index (κ2) is 25.5. The maximum Gasteiger partial charge on any atom is 0.407 e. The van der Waals surface area contributed by atoms with Gasteiger partial charge in [-0.1, -0.05) is 50.6 Å². The Hall–Kier alpha value is -7.15. The molecule has 1 aromatic heterocycles. The molecule has 19 heteroatoms. The van der Waals surface area contributed by atoms with Gasteiger partial charge >= 0.3 is 12.1 Å². The standard InChI is InChI=1S/C48H62N10O9/c1-31(2)43(56-40(59)9-5-4-6-24-58-41(60)18-19-42(58)61)46(64)55-39(8-7-21-51-47(49)65)45(63)54-37-16-12-34(13-17-37)30-67-48(66)52-23-22-50-44(62)35-14-10-33(11-15-35)28-57-25-20-38-36(29-57)26-32(3)27-53-38/h10-19,26-27,31,39,43H,4-9,20-25,28-30H2,1-3H3,(H,50,62)(H,52,66)(H,54,63)(H,55,64)(H,56,59)(H3,49,51,65). The van der Waals surface area contributed by atoms with Crippen molar-refractivity contribution in [1.82, 2.24) is 41.4 Å². The molecule has 9 amide bonds. The third kappa shape index (κ3) is 16.7. The summed E-state index contributed by atoms with van der Waals surface area (Å²) < 4.78 is 5.32. The summed E-state index contributed by atoms with van der Waals surface area (Å²) in [5.74, 6) is -2.75. The molecule has 0 saturated heterocycles. The first-order valence-corrected chi connectivity index (χ1v) is 22.7. The Morgan fingerprint density at radius 3 is 2.21 bits per heavy atom. The number of amides is 9. The van der Waals surface area contributed by atoms with E-state index in [-0.39, 0.29) is 75.2 Å². The van der Waals surface area contributed by atoms with Crippen LogP contribution in [0.4, 0.5) is 15.3 Å². The van der Waals surface area contributed by atoms with Crippen molar-refractivity contribution in [1.29, 1.82) is 0 Å². The van der Waals surface area contributed by atoms with Gasteiger partial charge in [-0.25, -0.2) is 9.59 Å². The third-order valence-electron chi connectivity index (χ3n) is 11.2. The van der Waals surface area contributed by atoms with Gasteiger partial charge in [0.25, 0.3) is 17.7 Å². The van der Waals surface area contributed by atoms with Gasteiger partial charge in [-0.05, 0) is 85.0 Å². The number of alkyl carbamates (subject to hydrolysis) is 1. The fourth-order valence-electron chi connectivity index (χ4n) is 7.53. The van der Waals surface area contributed by atoms with Gasteiger partial charge in [0, 0.05) is 93.9 Å². The number of anilines is 1. The molecule has 0 radical (unpaired) electrons. The predicted octanol–water partition coefficient (Wildman–Crippen LogP) is 3.10. The minimum atomic E-state index is -1.04. The maximum atomic E-state index is 13.5. The zero-order chi connectivity index (χ0) is 48.3. The highest BCUT2D eigenvalue weighted by molar-refractivity contribution is 6.12. The molecule has 2 atom stereocenters. The fourth-order valence-corrected chi connectivity index (χ4v) is 7.53. The molecule has 2 unspecified atom stereocenters. The number of nitrogens with two attached hydrogens (primary N) is 1. The third-order valence-corrected chi connectivity index (χ3v) is 11.2. The maximum absolute atomic E-state index is 13.5. The number of unbranched alkanes of at least 4 members (excludes halogenated alkanes) is 2. The van der Waals surface area contributed by atoms with Crippen molar-refractivity contribution in [2.24, 2.45) is 11.7 Å². The number of benzene rings is 2. The number of nitrogens with one attached hydrogen (secondary N) is 6. The van der Waals surface area contributed by atoms with E-state index in [2.05, 4.69) is 47.9 Å². The largest absolute Gasteiger partial charge is 0.445 e. The van der Waals surface area contributed by atoms with Crippen LogP contribution in [0.2, 0.25) is 0 Å². The van der Waals surface area contributed by atoms with E-state index in [0.29, 0.717) is 42.5 Å². The zero-order valence-electron chi connectivity index (χ0n) is 38.4. The van der Waals surface area contributed by atoms with Crippen LogP contribution >= 0.6 is 0 Å². The summed E-state index contributed by atoms with van der Waals surface area (Å²) in [5.41, 5.74) is 11.4. The number of aryl methyl sites for hydroxylation is 1. The molecule has 0 spiro atoms. The molecule has 19 nitrogen and oxygen atoms in total. The lowest BCUT2D eigenvalue weighted by atomic mass is 10.0. The Kier molecular flexibility index (Phi) is 19.4. The fraction of sp³-hybridized carbons (Fsp3) is 0.438. The van der Waals surface area contributed by atoms with Crippen LogP contribution in [-0.4, -0.2) is 107 Å². The topological polar surface area (TPSA) is 263 Å². The van der Waals surface area contributed by atoms with Crippen LogP contribution in [0, 0.1) is 12.8 Å². The smallest absolute Gasteiger partial charge is 0.407 e. The molecule has 3 aromatic rings. The van der Waals surface area contributed by atoms with Crippen LogP contribution < -0.4 is 37.6 Å². The first-order chi connectivity index (χ1) is 32.1. The predicted molar refractivity (Wildman–Crippen MR) is 249 cm³/mol. The number of primary amides is 1. The van der Waals surface area contributed by atoms with Crippen molar-refractivity contribution in [3.8, 4) is 0 Å². The molecule has 2 aliphatic heterocycles. The molecule has 67 heavy (non-hydrogen) atoms. The van der Waals surface area contributed by atoms with Gasteiger partial charge in [-0.15, -0.1) is 0 Å². The minimum absolute atomic E-state index is 0.0641. The number of urea groups is 1. The average molecular weight is 923 g/mol. The van der Waals surface area contributed by atoms with Crippen molar-refractivity contribution in [2.75, 3.05) is 38.0 Å². The molecule has 0 saturated carbocycles. The summed E-state index contributed by atoms with van der Waals surface area (Å²) in [7, 11) is 0.